The third-order valence-electron chi connectivity index (χ3n) is 2.49. The molecule has 0 saturated carbocycles. The van der Waals surface area contributed by atoms with Crippen molar-refractivity contribution in [3.63, 3.8) is 0 Å². The van der Waals surface area contributed by atoms with Crippen molar-refractivity contribution in [2.75, 3.05) is 0 Å². The molecule has 17 heavy (non-hydrogen) atoms. The maximum absolute atomic E-state index is 12.0. The third kappa shape index (κ3) is 3.30. The molecular weight excluding hydrogens is 284 g/mol. The summed E-state index contributed by atoms with van der Waals surface area (Å²) in [6.07, 6.45) is 0. The number of primary amides is 1. The zero-order valence-electron chi connectivity index (χ0n) is 10.0. The number of amides is 2. The summed E-state index contributed by atoms with van der Waals surface area (Å²) in [4.78, 5) is 23.1. The molecule has 0 bridgehead atoms. The molecule has 1 rings (SSSR count). The average Bonchev–Trinajstić information content (AvgIpc) is 2.20. The lowest BCUT2D eigenvalue weighted by Gasteiger charge is -2.22. The first-order chi connectivity index (χ1) is 7.74. The number of aryl methyl sites for hydroxylation is 1. The van der Waals surface area contributed by atoms with Gasteiger partial charge in [0.05, 0.1) is 0 Å². The fourth-order valence-electron chi connectivity index (χ4n) is 1.25. The Morgan fingerprint density at radius 3 is 2.47 bits per heavy atom. The molecule has 0 aliphatic rings. The van der Waals surface area contributed by atoms with Crippen molar-refractivity contribution in [2.45, 2.75) is 26.3 Å². The van der Waals surface area contributed by atoms with Gasteiger partial charge in [0.1, 0.15) is 5.54 Å². The molecule has 0 fully saturated rings. The molecule has 0 aliphatic heterocycles. The van der Waals surface area contributed by atoms with Gasteiger partial charge < -0.3 is 11.1 Å². The van der Waals surface area contributed by atoms with Gasteiger partial charge in [-0.2, -0.15) is 0 Å². The van der Waals surface area contributed by atoms with E-state index in [1.54, 1.807) is 19.9 Å². The van der Waals surface area contributed by atoms with Gasteiger partial charge in [-0.25, -0.2) is 0 Å². The van der Waals surface area contributed by atoms with Crippen molar-refractivity contribution in [1.82, 2.24) is 5.32 Å². The van der Waals surface area contributed by atoms with Crippen molar-refractivity contribution in [1.29, 1.82) is 0 Å². The van der Waals surface area contributed by atoms with Crippen LogP contribution >= 0.6 is 15.9 Å². The number of benzene rings is 1. The fraction of sp³-hybridized carbons (Fsp3) is 0.333. The van der Waals surface area contributed by atoms with Gasteiger partial charge in [-0.05, 0) is 38.5 Å². The number of nitrogens with one attached hydrogen (secondary N) is 1. The standard InChI is InChI=1S/C12H15BrN2O2/c1-7-4-5-8(13)6-9(7)10(16)15-12(2,3)11(14)17/h4-6H,1-3H3,(H2,14,17)(H,15,16). The minimum Gasteiger partial charge on any atom is -0.368 e. The van der Waals surface area contributed by atoms with Gasteiger partial charge in [0.15, 0.2) is 0 Å². The van der Waals surface area contributed by atoms with Crippen molar-refractivity contribution >= 4 is 27.7 Å². The molecule has 0 saturated heterocycles. The molecule has 92 valence electrons. The van der Waals surface area contributed by atoms with Crippen LogP contribution in [0.1, 0.15) is 29.8 Å². The first kappa shape index (κ1) is 13.7. The van der Waals surface area contributed by atoms with Crippen molar-refractivity contribution in [3.05, 3.63) is 33.8 Å². The predicted octanol–water partition coefficient (Wildman–Crippen LogP) is 1.75. The Bertz CT molecular complexity index is 470. The van der Waals surface area contributed by atoms with E-state index < -0.39 is 11.4 Å². The van der Waals surface area contributed by atoms with E-state index in [0.717, 1.165) is 10.0 Å². The monoisotopic (exact) mass is 298 g/mol. The van der Waals surface area contributed by atoms with Crippen LogP contribution < -0.4 is 11.1 Å². The molecule has 0 aliphatic carbocycles. The first-order valence-electron chi connectivity index (χ1n) is 5.12. The van der Waals surface area contributed by atoms with Crippen molar-refractivity contribution in [2.24, 2.45) is 5.73 Å². The van der Waals surface area contributed by atoms with Crippen LogP contribution in [-0.2, 0) is 4.79 Å². The summed E-state index contributed by atoms with van der Waals surface area (Å²) in [7, 11) is 0. The summed E-state index contributed by atoms with van der Waals surface area (Å²) in [5.41, 5.74) is 5.50. The Morgan fingerprint density at radius 1 is 1.35 bits per heavy atom. The van der Waals surface area contributed by atoms with E-state index in [0.29, 0.717) is 5.56 Å². The second-order valence-electron chi connectivity index (χ2n) is 4.40. The van der Waals surface area contributed by atoms with Crippen molar-refractivity contribution < 1.29 is 9.59 Å². The smallest absolute Gasteiger partial charge is 0.252 e. The zero-order valence-corrected chi connectivity index (χ0v) is 11.6. The summed E-state index contributed by atoms with van der Waals surface area (Å²) in [5.74, 6) is -0.883. The summed E-state index contributed by atoms with van der Waals surface area (Å²) < 4.78 is 0.810. The summed E-state index contributed by atoms with van der Waals surface area (Å²) >= 11 is 3.30. The van der Waals surface area contributed by atoms with Crippen LogP contribution in [0.15, 0.2) is 22.7 Å². The fourth-order valence-corrected chi connectivity index (χ4v) is 1.61. The van der Waals surface area contributed by atoms with Gasteiger partial charge in [-0.15, -0.1) is 0 Å². The SMILES string of the molecule is Cc1ccc(Br)cc1C(=O)NC(C)(C)C(N)=O. The second kappa shape index (κ2) is 4.87. The van der Waals surface area contributed by atoms with Gasteiger partial charge in [0.25, 0.3) is 5.91 Å². The molecule has 0 heterocycles. The molecule has 0 aromatic heterocycles. The molecule has 3 N–H and O–H groups in total. The molecule has 1 aromatic rings. The van der Waals surface area contributed by atoms with Crippen LogP contribution in [0.25, 0.3) is 0 Å². The molecular formula is C12H15BrN2O2. The van der Waals surface area contributed by atoms with Crippen molar-refractivity contribution in [3.8, 4) is 0 Å². The summed E-state index contributed by atoms with van der Waals surface area (Å²) in [6, 6.07) is 5.39. The lowest BCUT2D eigenvalue weighted by molar-refractivity contribution is -0.122. The van der Waals surface area contributed by atoms with Crippen LogP contribution in [-0.4, -0.2) is 17.4 Å². The first-order valence-corrected chi connectivity index (χ1v) is 5.92. The Morgan fingerprint density at radius 2 is 1.94 bits per heavy atom. The molecule has 1 aromatic carbocycles. The van der Waals surface area contributed by atoms with Gasteiger partial charge >= 0.3 is 0 Å². The normalized spacial score (nSPS) is 11.1. The van der Waals surface area contributed by atoms with Crippen LogP contribution in [0, 0.1) is 6.92 Å². The van der Waals surface area contributed by atoms with E-state index >= 15 is 0 Å². The molecule has 0 unspecified atom stereocenters. The maximum Gasteiger partial charge on any atom is 0.252 e. The minimum atomic E-state index is -1.06. The van der Waals surface area contributed by atoms with Gasteiger partial charge in [-0.3, -0.25) is 9.59 Å². The highest BCUT2D eigenvalue weighted by Gasteiger charge is 2.27. The second-order valence-corrected chi connectivity index (χ2v) is 5.32. The Balaban J connectivity index is 2.98. The Labute approximate surface area is 109 Å². The molecule has 0 radical (unpaired) electrons. The number of carbonyl (C=O) groups is 2. The number of hydrogen-bond donors (Lipinski definition) is 2. The Kier molecular flexibility index (Phi) is 3.93. The van der Waals surface area contributed by atoms with Gasteiger partial charge in [0, 0.05) is 10.0 Å². The largest absolute Gasteiger partial charge is 0.368 e. The molecule has 5 heteroatoms. The highest BCUT2D eigenvalue weighted by atomic mass is 79.9. The maximum atomic E-state index is 12.0. The quantitative estimate of drug-likeness (QED) is 0.892. The molecule has 0 atom stereocenters. The summed E-state index contributed by atoms with van der Waals surface area (Å²) in [5, 5.41) is 2.61. The number of carbonyl (C=O) groups excluding carboxylic acids is 2. The topological polar surface area (TPSA) is 72.2 Å². The number of nitrogens with two attached hydrogens (primary N) is 1. The highest BCUT2D eigenvalue weighted by Crippen LogP contribution is 2.16. The summed E-state index contributed by atoms with van der Waals surface area (Å²) in [6.45, 7) is 4.97. The van der Waals surface area contributed by atoms with E-state index in [9.17, 15) is 9.59 Å². The Hall–Kier alpha value is -1.36. The lowest BCUT2D eigenvalue weighted by Crippen LogP contribution is -2.53. The van der Waals surface area contributed by atoms with E-state index in [4.69, 9.17) is 5.73 Å². The van der Waals surface area contributed by atoms with Crippen LogP contribution in [0.2, 0.25) is 0 Å². The van der Waals surface area contributed by atoms with E-state index in [2.05, 4.69) is 21.2 Å². The predicted molar refractivity (Wildman–Crippen MR) is 69.6 cm³/mol. The number of hydrogen-bond acceptors (Lipinski definition) is 2. The van der Waals surface area contributed by atoms with Crippen LogP contribution in [0.3, 0.4) is 0 Å². The molecule has 4 nitrogen and oxygen atoms in total. The minimum absolute atomic E-state index is 0.312. The van der Waals surface area contributed by atoms with Crippen LogP contribution in [0.5, 0.6) is 0 Å². The number of rotatable bonds is 3. The molecule has 0 spiro atoms. The van der Waals surface area contributed by atoms with Gasteiger partial charge in [0.2, 0.25) is 5.91 Å². The van der Waals surface area contributed by atoms with Gasteiger partial charge in [-0.1, -0.05) is 22.0 Å². The zero-order chi connectivity index (χ0) is 13.2. The lowest BCUT2D eigenvalue weighted by atomic mass is 10.0. The third-order valence-corrected chi connectivity index (χ3v) is 2.98. The van der Waals surface area contributed by atoms with E-state index in [1.807, 2.05) is 19.1 Å². The molecule has 2 amide bonds. The van der Waals surface area contributed by atoms with E-state index in [-0.39, 0.29) is 5.91 Å². The highest BCUT2D eigenvalue weighted by molar-refractivity contribution is 9.10. The van der Waals surface area contributed by atoms with Crippen LogP contribution in [0.4, 0.5) is 0 Å². The average molecular weight is 299 g/mol. The van der Waals surface area contributed by atoms with E-state index in [1.165, 1.54) is 0 Å². The number of halogens is 1.